The number of hydrogen-bond acceptors (Lipinski definition) is 1. The molecule has 0 spiro atoms. The van der Waals surface area contributed by atoms with Gasteiger partial charge < -0.3 is 9.13 Å². The first-order chi connectivity index (χ1) is 24.6. The van der Waals surface area contributed by atoms with Crippen molar-refractivity contribution in [2.24, 2.45) is 0 Å². The Morgan fingerprint density at radius 3 is 1.37 bits per heavy atom. The van der Waals surface area contributed by atoms with Gasteiger partial charge in [-0.25, -0.2) is 0 Å². The summed E-state index contributed by atoms with van der Waals surface area (Å²) < 4.78 is 46.5. The minimum Gasteiger partial charge on any atom is -0.308 e. The molecule has 2 aromatic heterocycles. The van der Waals surface area contributed by atoms with Gasteiger partial charge in [-0.15, -0.1) is 0 Å². The highest BCUT2D eigenvalue weighted by atomic mass is 19.4. The maximum absolute atomic E-state index is 14.1. The number of aromatic nitrogens is 2. The fourth-order valence-corrected chi connectivity index (χ4v) is 7.52. The normalized spacial score (nSPS) is 12.7. The Kier molecular flexibility index (Phi) is 7.45. The van der Waals surface area contributed by atoms with Gasteiger partial charge in [-0.05, 0) is 93.7 Å². The molecule has 0 radical (unpaired) electrons. The van der Waals surface area contributed by atoms with E-state index in [1.165, 1.54) is 23.3 Å². The maximum Gasteiger partial charge on any atom is 0.416 e. The summed E-state index contributed by atoms with van der Waals surface area (Å²) in [5, 5.41) is 15.3. The van der Waals surface area contributed by atoms with Crippen LogP contribution in [0.15, 0.2) is 121 Å². The Hall–Kier alpha value is -5.80. The first-order valence-electron chi connectivity index (χ1n) is 17.5. The van der Waals surface area contributed by atoms with E-state index in [9.17, 15) is 18.4 Å². The molecule has 0 aliphatic heterocycles. The minimum atomic E-state index is -4.51. The van der Waals surface area contributed by atoms with Crippen LogP contribution in [0.25, 0.3) is 66.1 Å². The second-order valence-electron chi connectivity index (χ2n) is 15.7. The van der Waals surface area contributed by atoms with E-state index in [1.807, 2.05) is 48.5 Å². The molecule has 2 heterocycles. The molecule has 8 rings (SSSR count). The first kappa shape index (κ1) is 33.3. The van der Waals surface area contributed by atoms with Gasteiger partial charge in [0.2, 0.25) is 0 Å². The van der Waals surface area contributed by atoms with E-state index < -0.39 is 11.7 Å². The van der Waals surface area contributed by atoms with Gasteiger partial charge in [0.15, 0.2) is 0 Å². The molecule has 0 aliphatic carbocycles. The Labute approximate surface area is 301 Å². The molecule has 0 aliphatic rings. The van der Waals surface area contributed by atoms with Gasteiger partial charge in [-0.2, -0.15) is 18.4 Å². The Balaban J connectivity index is 1.53. The zero-order chi connectivity index (χ0) is 36.7. The lowest BCUT2D eigenvalue weighted by atomic mass is 9.86. The largest absolute Gasteiger partial charge is 0.416 e. The van der Waals surface area contributed by atoms with Crippen molar-refractivity contribution >= 4 is 43.6 Å². The molecule has 6 aromatic carbocycles. The van der Waals surface area contributed by atoms with Gasteiger partial charge in [-0.1, -0.05) is 102 Å². The zero-order valence-corrected chi connectivity index (χ0v) is 30.0. The third kappa shape index (κ3) is 5.35. The average Bonchev–Trinajstić information content (AvgIpc) is 3.62. The van der Waals surface area contributed by atoms with Crippen LogP contribution < -0.4 is 0 Å². The monoisotopic (exact) mass is 689 g/mol. The van der Waals surface area contributed by atoms with Crippen molar-refractivity contribution in [1.29, 1.82) is 5.26 Å². The van der Waals surface area contributed by atoms with Crippen molar-refractivity contribution in [1.82, 2.24) is 9.13 Å². The van der Waals surface area contributed by atoms with Crippen LogP contribution in [-0.4, -0.2) is 9.13 Å². The van der Waals surface area contributed by atoms with Crippen LogP contribution in [0.4, 0.5) is 13.2 Å². The minimum absolute atomic E-state index is 0.0881. The molecule has 8 aromatic rings. The maximum atomic E-state index is 14.1. The van der Waals surface area contributed by atoms with E-state index in [0.29, 0.717) is 28.1 Å². The van der Waals surface area contributed by atoms with Crippen molar-refractivity contribution in [3.05, 3.63) is 144 Å². The van der Waals surface area contributed by atoms with Gasteiger partial charge in [0.1, 0.15) is 11.6 Å². The van der Waals surface area contributed by atoms with Crippen LogP contribution >= 0.6 is 0 Å². The van der Waals surface area contributed by atoms with Crippen LogP contribution in [0.2, 0.25) is 0 Å². The third-order valence-corrected chi connectivity index (χ3v) is 10.3. The van der Waals surface area contributed by atoms with E-state index in [4.69, 9.17) is 0 Å². The van der Waals surface area contributed by atoms with Gasteiger partial charge >= 0.3 is 6.18 Å². The van der Waals surface area contributed by atoms with Crippen LogP contribution in [0.3, 0.4) is 0 Å². The first-order valence-corrected chi connectivity index (χ1v) is 17.5. The molecule has 3 nitrogen and oxygen atoms in total. The van der Waals surface area contributed by atoms with Crippen LogP contribution in [0, 0.1) is 11.3 Å². The number of nitrogens with zero attached hydrogens (tertiary/aromatic N) is 3. The molecular weight excluding hydrogens is 652 g/mol. The van der Waals surface area contributed by atoms with Crippen molar-refractivity contribution in [2.45, 2.75) is 58.5 Å². The van der Waals surface area contributed by atoms with Crippen LogP contribution in [0.5, 0.6) is 0 Å². The molecule has 0 saturated carbocycles. The van der Waals surface area contributed by atoms with Gasteiger partial charge in [-0.3, -0.25) is 0 Å². The highest BCUT2D eigenvalue weighted by Gasteiger charge is 2.31. The van der Waals surface area contributed by atoms with E-state index in [0.717, 1.165) is 49.7 Å². The number of fused-ring (bicyclic) bond motifs is 6. The summed E-state index contributed by atoms with van der Waals surface area (Å²) in [5.41, 5.74) is 7.69. The Morgan fingerprint density at radius 2 is 0.923 bits per heavy atom. The number of alkyl halides is 3. The summed E-state index contributed by atoms with van der Waals surface area (Å²) in [5.74, 6) is 0. The quantitative estimate of drug-likeness (QED) is 0.182. The molecule has 6 heteroatoms. The Bertz CT molecular complexity index is 2600. The Morgan fingerprint density at radius 1 is 0.462 bits per heavy atom. The number of nitriles is 1. The fourth-order valence-electron chi connectivity index (χ4n) is 7.52. The number of rotatable bonds is 3. The molecular formula is C46H38F3N3. The van der Waals surface area contributed by atoms with Crippen molar-refractivity contribution in [3.63, 3.8) is 0 Å². The lowest BCUT2D eigenvalue weighted by molar-refractivity contribution is -0.137. The summed E-state index contributed by atoms with van der Waals surface area (Å²) in [6.45, 7) is 13.1. The lowest BCUT2D eigenvalue weighted by Crippen LogP contribution is -2.11. The second kappa shape index (κ2) is 11.6. The SMILES string of the molecule is CC(C)(C)c1ccc2c(c1)c1ccccc1n2-c1cc(-c2cccc(C(F)(F)F)c2)cc(-n2c3ccccc3c3cc(C(C)(C)C)ccc32)c1C#N. The highest BCUT2D eigenvalue weighted by molar-refractivity contribution is 6.11. The zero-order valence-electron chi connectivity index (χ0n) is 30.0. The topological polar surface area (TPSA) is 33.6 Å². The van der Waals surface area contributed by atoms with E-state index in [2.05, 4.69) is 105 Å². The summed E-state index contributed by atoms with van der Waals surface area (Å²) >= 11 is 0. The average molecular weight is 690 g/mol. The number of hydrogen-bond donors (Lipinski definition) is 0. The van der Waals surface area contributed by atoms with Crippen molar-refractivity contribution in [2.75, 3.05) is 0 Å². The van der Waals surface area contributed by atoms with Gasteiger partial charge in [0.25, 0.3) is 0 Å². The molecule has 0 amide bonds. The smallest absolute Gasteiger partial charge is 0.308 e. The third-order valence-electron chi connectivity index (χ3n) is 10.3. The van der Waals surface area contributed by atoms with Crippen LogP contribution in [-0.2, 0) is 17.0 Å². The molecule has 0 bridgehead atoms. The summed E-state index contributed by atoms with van der Waals surface area (Å²) in [7, 11) is 0. The molecule has 258 valence electrons. The summed E-state index contributed by atoms with van der Waals surface area (Å²) in [6, 6.07) is 40.8. The number of benzene rings is 6. The highest BCUT2D eigenvalue weighted by Crippen LogP contribution is 2.42. The fraction of sp³-hybridized carbons (Fsp3) is 0.196. The predicted octanol–water partition coefficient (Wildman–Crippen LogP) is 13.0. The molecule has 0 saturated heterocycles. The van der Waals surface area contributed by atoms with Crippen molar-refractivity contribution in [3.8, 4) is 28.6 Å². The van der Waals surface area contributed by atoms with Crippen molar-refractivity contribution < 1.29 is 13.2 Å². The summed E-state index contributed by atoms with van der Waals surface area (Å²) in [4.78, 5) is 0. The lowest BCUT2D eigenvalue weighted by Gasteiger charge is -2.21. The van der Waals surface area contributed by atoms with Crippen LogP contribution in [0.1, 0.15) is 63.8 Å². The molecule has 0 unspecified atom stereocenters. The number of para-hydroxylation sites is 2. The number of halogens is 3. The molecule has 0 atom stereocenters. The van der Waals surface area contributed by atoms with Gasteiger partial charge in [0.05, 0.1) is 39.0 Å². The standard InChI is InChI=1S/C46H38F3N3/c1-44(2,3)30-18-20-40-35(25-30)33-14-7-9-16-38(33)51(40)42-23-29(28-12-11-13-32(22-28)46(47,48)49)24-43(37(42)27-50)52-39-17-10-8-15-34(39)36-26-31(45(4,5)6)19-21-41(36)52/h7-26H,1-6H3. The van der Waals surface area contributed by atoms with Gasteiger partial charge in [0, 0.05) is 21.5 Å². The molecule has 52 heavy (non-hydrogen) atoms. The van der Waals surface area contributed by atoms with E-state index >= 15 is 0 Å². The second-order valence-corrected chi connectivity index (χ2v) is 15.7. The van der Waals surface area contributed by atoms with E-state index in [-0.39, 0.29) is 10.8 Å². The molecule has 0 fully saturated rings. The molecule has 0 N–H and O–H groups in total. The predicted molar refractivity (Wildman–Crippen MR) is 208 cm³/mol. The van der Waals surface area contributed by atoms with E-state index in [1.54, 1.807) is 6.07 Å². The summed E-state index contributed by atoms with van der Waals surface area (Å²) in [6.07, 6.45) is -4.51.